The Morgan fingerprint density at radius 1 is 1.73 bits per heavy atom. The van der Waals surface area contributed by atoms with Gasteiger partial charge in [0.25, 0.3) is 5.91 Å². The Morgan fingerprint density at radius 3 is 3.00 bits per heavy atom. The lowest BCUT2D eigenvalue weighted by molar-refractivity contribution is -0.133. The summed E-state index contributed by atoms with van der Waals surface area (Å²) in [4.78, 5) is 11.0. The van der Waals surface area contributed by atoms with E-state index < -0.39 is 0 Å². The molecular weight excluding hydrogens is 144 g/mol. The summed E-state index contributed by atoms with van der Waals surface area (Å²) in [7, 11) is 0. The van der Waals surface area contributed by atoms with Crippen molar-refractivity contribution in [1.82, 2.24) is 10.8 Å². The van der Waals surface area contributed by atoms with E-state index in [1.165, 1.54) is 0 Å². The molecule has 11 heavy (non-hydrogen) atoms. The highest BCUT2D eigenvalue weighted by atomic mass is 16.5. The number of carbonyl (C=O) groups excluding carboxylic acids is 1. The fourth-order valence-electron chi connectivity index (χ4n) is 1.47. The number of hydrogen-bond acceptors (Lipinski definition) is 3. The van der Waals surface area contributed by atoms with Crippen molar-refractivity contribution in [3.63, 3.8) is 0 Å². The molecule has 64 valence electrons. The number of nitrogens with one attached hydrogen (secondary N) is 2. The lowest BCUT2D eigenvalue weighted by Gasteiger charge is -2.27. The third kappa shape index (κ3) is 1.91. The molecule has 2 unspecified atom stereocenters. The Hall–Kier alpha value is -0.610. The van der Waals surface area contributed by atoms with Crippen molar-refractivity contribution in [3.05, 3.63) is 0 Å². The smallest absolute Gasteiger partial charge is 0.260 e. The number of amides is 1. The molecule has 1 fully saturated rings. The first-order chi connectivity index (χ1) is 5.25. The molecule has 0 saturated carbocycles. The van der Waals surface area contributed by atoms with Gasteiger partial charge in [-0.3, -0.25) is 10.0 Å². The number of piperidine rings is 1. The molecular formula is C7H14N2O2. The molecule has 1 amide bonds. The Morgan fingerprint density at radius 2 is 2.45 bits per heavy atom. The molecule has 1 saturated heterocycles. The van der Waals surface area contributed by atoms with Crippen molar-refractivity contribution in [2.24, 2.45) is 5.92 Å². The monoisotopic (exact) mass is 158 g/mol. The first-order valence-electron chi connectivity index (χ1n) is 3.93. The molecule has 1 aliphatic rings. The third-order valence-electron chi connectivity index (χ3n) is 2.16. The highest BCUT2D eigenvalue weighted by Crippen LogP contribution is 2.14. The molecule has 0 aromatic heterocycles. The van der Waals surface area contributed by atoms with Crippen LogP contribution in [0.5, 0.6) is 0 Å². The van der Waals surface area contributed by atoms with Crippen LogP contribution in [0.3, 0.4) is 0 Å². The molecule has 0 bridgehead atoms. The maximum absolute atomic E-state index is 11.0. The van der Waals surface area contributed by atoms with Crippen molar-refractivity contribution in [2.75, 3.05) is 6.54 Å². The van der Waals surface area contributed by atoms with E-state index in [-0.39, 0.29) is 11.9 Å². The maximum atomic E-state index is 11.0. The minimum atomic E-state index is -0.322. The topological polar surface area (TPSA) is 61.4 Å². The second-order valence-electron chi connectivity index (χ2n) is 3.03. The third-order valence-corrected chi connectivity index (χ3v) is 2.16. The van der Waals surface area contributed by atoms with E-state index in [1.807, 2.05) is 6.92 Å². The van der Waals surface area contributed by atoms with Gasteiger partial charge in [0.1, 0.15) is 0 Å². The Kier molecular flexibility index (Phi) is 2.84. The zero-order chi connectivity index (χ0) is 8.27. The van der Waals surface area contributed by atoms with Gasteiger partial charge in [-0.25, -0.2) is 5.48 Å². The highest BCUT2D eigenvalue weighted by Gasteiger charge is 2.26. The number of rotatable bonds is 1. The molecule has 1 rings (SSSR count). The van der Waals surface area contributed by atoms with Gasteiger partial charge >= 0.3 is 0 Å². The number of hydrogen-bond donors (Lipinski definition) is 3. The van der Waals surface area contributed by atoms with E-state index in [4.69, 9.17) is 5.21 Å². The molecule has 0 radical (unpaired) electrons. The summed E-state index contributed by atoms with van der Waals surface area (Å²) in [5.41, 5.74) is 1.66. The van der Waals surface area contributed by atoms with E-state index in [1.54, 1.807) is 5.48 Å². The summed E-state index contributed by atoms with van der Waals surface area (Å²) in [5.74, 6) is -0.00639. The van der Waals surface area contributed by atoms with Gasteiger partial charge in [0.05, 0.1) is 6.04 Å². The standard InChI is InChI=1S/C7H14N2O2/c1-5-3-2-4-8-6(5)7(10)9-11/h5-6,8,11H,2-4H2,1H3,(H,9,10). The van der Waals surface area contributed by atoms with Gasteiger partial charge < -0.3 is 5.32 Å². The number of hydroxylamine groups is 1. The van der Waals surface area contributed by atoms with Gasteiger partial charge in [-0.1, -0.05) is 6.92 Å². The lowest BCUT2D eigenvalue weighted by Crippen LogP contribution is -2.50. The molecule has 4 nitrogen and oxygen atoms in total. The molecule has 4 heteroatoms. The molecule has 3 N–H and O–H groups in total. The van der Waals surface area contributed by atoms with Gasteiger partial charge in [0.15, 0.2) is 0 Å². The van der Waals surface area contributed by atoms with Crippen LogP contribution in [-0.4, -0.2) is 23.7 Å². The summed E-state index contributed by atoms with van der Waals surface area (Å²) in [6, 6.07) is -0.214. The van der Waals surface area contributed by atoms with E-state index in [2.05, 4.69) is 5.32 Å². The quantitative estimate of drug-likeness (QED) is 0.368. The Bertz CT molecular complexity index is 149. The van der Waals surface area contributed by atoms with Crippen molar-refractivity contribution in [1.29, 1.82) is 0 Å². The largest absolute Gasteiger partial charge is 0.306 e. The summed E-state index contributed by atoms with van der Waals surface area (Å²) in [5, 5.41) is 11.4. The van der Waals surface area contributed by atoms with Crippen LogP contribution >= 0.6 is 0 Å². The highest BCUT2D eigenvalue weighted by molar-refractivity contribution is 5.80. The van der Waals surface area contributed by atoms with Crippen LogP contribution in [-0.2, 0) is 4.79 Å². The van der Waals surface area contributed by atoms with Crippen molar-refractivity contribution in [3.8, 4) is 0 Å². The van der Waals surface area contributed by atoms with Gasteiger partial charge in [0, 0.05) is 0 Å². The summed E-state index contributed by atoms with van der Waals surface area (Å²) in [6.45, 7) is 2.87. The second-order valence-corrected chi connectivity index (χ2v) is 3.03. The minimum Gasteiger partial charge on any atom is -0.306 e. The Balaban J connectivity index is 2.47. The van der Waals surface area contributed by atoms with Crippen LogP contribution in [0.1, 0.15) is 19.8 Å². The zero-order valence-electron chi connectivity index (χ0n) is 6.63. The van der Waals surface area contributed by atoms with Crippen LogP contribution in [0.15, 0.2) is 0 Å². The molecule has 0 spiro atoms. The van der Waals surface area contributed by atoms with Crippen molar-refractivity contribution < 1.29 is 10.0 Å². The van der Waals surface area contributed by atoms with Gasteiger partial charge in [0.2, 0.25) is 0 Å². The molecule has 2 atom stereocenters. The van der Waals surface area contributed by atoms with E-state index in [0.29, 0.717) is 5.92 Å². The predicted molar refractivity (Wildman–Crippen MR) is 40.1 cm³/mol. The van der Waals surface area contributed by atoms with Crippen LogP contribution in [0.4, 0.5) is 0 Å². The molecule has 1 aliphatic heterocycles. The molecule has 0 aromatic carbocycles. The van der Waals surface area contributed by atoms with Gasteiger partial charge in [-0.15, -0.1) is 0 Å². The van der Waals surface area contributed by atoms with Crippen molar-refractivity contribution >= 4 is 5.91 Å². The SMILES string of the molecule is CC1CCCNC1C(=O)NO. The first-order valence-corrected chi connectivity index (χ1v) is 3.93. The Labute approximate surface area is 65.9 Å². The van der Waals surface area contributed by atoms with Gasteiger partial charge in [-0.05, 0) is 25.3 Å². The summed E-state index contributed by atoms with van der Waals surface area (Å²) >= 11 is 0. The summed E-state index contributed by atoms with van der Waals surface area (Å²) in [6.07, 6.45) is 2.15. The first kappa shape index (κ1) is 8.49. The average Bonchev–Trinajstić information content (AvgIpc) is 2.04. The predicted octanol–water partition coefficient (Wildman–Crippen LogP) is -0.120. The van der Waals surface area contributed by atoms with E-state index >= 15 is 0 Å². The van der Waals surface area contributed by atoms with Crippen LogP contribution in [0.2, 0.25) is 0 Å². The minimum absolute atomic E-state index is 0.214. The fraction of sp³-hybridized carbons (Fsp3) is 0.857. The van der Waals surface area contributed by atoms with E-state index in [9.17, 15) is 4.79 Å². The van der Waals surface area contributed by atoms with Crippen LogP contribution < -0.4 is 10.8 Å². The fourth-order valence-corrected chi connectivity index (χ4v) is 1.47. The summed E-state index contributed by atoms with van der Waals surface area (Å²) < 4.78 is 0. The number of carbonyl (C=O) groups is 1. The van der Waals surface area contributed by atoms with E-state index in [0.717, 1.165) is 19.4 Å². The van der Waals surface area contributed by atoms with Crippen LogP contribution in [0.25, 0.3) is 0 Å². The zero-order valence-corrected chi connectivity index (χ0v) is 6.63. The molecule has 0 aliphatic carbocycles. The van der Waals surface area contributed by atoms with Crippen molar-refractivity contribution in [2.45, 2.75) is 25.8 Å². The van der Waals surface area contributed by atoms with Crippen LogP contribution in [0, 0.1) is 5.92 Å². The molecule has 0 aromatic rings. The lowest BCUT2D eigenvalue weighted by atomic mass is 9.92. The molecule has 1 heterocycles. The average molecular weight is 158 g/mol. The second kappa shape index (κ2) is 3.69. The maximum Gasteiger partial charge on any atom is 0.260 e. The normalized spacial score (nSPS) is 31.5. The van der Waals surface area contributed by atoms with Gasteiger partial charge in [-0.2, -0.15) is 0 Å².